The van der Waals surface area contributed by atoms with Crippen molar-refractivity contribution < 1.29 is 22.7 Å². The van der Waals surface area contributed by atoms with Crippen LogP contribution in [0.4, 0.5) is 5.69 Å². The first-order chi connectivity index (χ1) is 21.6. The molecule has 0 saturated heterocycles. The molecule has 1 N–H and O–H groups in total. The van der Waals surface area contributed by atoms with E-state index in [4.69, 9.17) is 4.74 Å². The highest BCUT2D eigenvalue weighted by atomic mass is 79.9. The van der Waals surface area contributed by atoms with E-state index in [1.807, 2.05) is 56.3 Å². The summed E-state index contributed by atoms with van der Waals surface area (Å²) in [6, 6.07) is 30.4. The average Bonchev–Trinajstić information content (AvgIpc) is 3.06. The molecule has 0 radical (unpaired) electrons. The molecule has 0 saturated carbocycles. The summed E-state index contributed by atoms with van der Waals surface area (Å²) in [5.41, 5.74) is 1.92. The quantitative estimate of drug-likeness (QED) is 0.170. The Bertz CT molecular complexity index is 1670. The lowest BCUT2D eigenvalue weighted by molar-refractivity contribution is -0.140. The summed E-state index contributed by atoms with van der Waals surface area (Å²) >= 11 is 3.41. The number of sulfonamides is 1. The summed E-state index contributed by atoms with van der Waals surface area (Å²) < 4.78 is 35.4. The third-order valence-corrected chi connectivity index (χ3v) is 9.80. The molecule has 4 aromatic carbocycles. The van der Waals surface area contributed by atoms with Crippen molar-refractivity contribution in [1.29, 1.82) is 0 Å². The molecule has 0 aliphatic carbocycles. The average molecular weight is 693 g/mol. The van der Waals surface area contributed by atoms with Crippen molar-refractivity contribution in [3.05, 3.63) is 125 Å². The summed E-state index contributed by atoms with van der Waals surface area (Å²) in [6.45, 7) is 3.42. The minimum Gasteiger partial charge on any atom is -0.497 e. The zero-order chi connectivity index (χ0) is 32.4. The number of amides is 2. The van der Waals surface area contributed by atoms with Gasteiger partial charge in [-0.1, -0.05) is 83.5 Å². The third-order valence-electron chi connectivity index (χ3n) is 7.48. The lowest BCUT2D eigenvalue weighted by Gasteiger charge is -2.34. The van der Waals surface area contributed by atoms with Gasteiger partial charge in [0.25, 0.3) is 10.0 Å². The Morgan fingerprint density at radius 1 is 0.867 bits per heavy atom. The molecule has 0 aromatic heterocycles. The molecule has 0 aliphatic rings. The number of ether oxygens (including phenoxy) is 1. The minimum absolute atomic E-state index is 0.0513. The second-order valence-corrected chi connectivity index (χ2v) is 13.5. The molecule has 0 fully saturated rings. The van der Waals surface area contributed by atoms with Crippen LogP contribution >= 0.6 is 15.9 Å². The predicted molar refractivity (Wildman–Crippen MR) is 180 cm³/mol. The number of nitrogens with one attached hydrogen (secondary N) is 1. The van der Waals surface area contributed by atoms with Gasteiger partial charge in [-0.25, -0.2) is 8.42 Å². The minimum atomic E-state index is -4.16. The number of halogens is 1. The van der Waals surface area contributed by atoms with E-state index in [0.717, 1.165) is 19.9 Å². The molecule has 0 heterocycles. The van der Waals surface area contributed by atoms with Crippen molar-refractivity contribution in [2.24, 2.45) is 0 Å². The molecule has 8 nitrogen and oxygen atoms in total. The highest BCUT2D eigenvalue weighted by molar-refractivity contribution is 9.10. The van der Waals surface area contributed by atoms with Crippen molar-refractivity contribution in [1.82, 2.24) is 10.2 Å². The summed E-state index contributed by atoms with van der Waals surface area (Å²) in [6.07, 6.45) is 0.947. The van der Waals surface area contributed by atoms with E-state index in [2.05, 4.69) is 21.2 Å². The van der Waals surface area contributed by atoms with Crippen LogP contribution in [0.5, 0.6) is 5.75 Å². The van der Waals surface area contributed by atoms with Crippen LogP contribution < -0.4 is 14.4 Å². The lowest BCUT2D eigenvalue weighted by Crippen LogP contribution is -2.54. The summed E-state index contributed by atoms with van der Waals surface area (Å²) in [5, 5.41) is 3.05. The standard InChI is InChI=1S/C35H38BrN3O5S/c1-4-26(2)37-35(41)33(23-27-12-7-5-8-13-27)38(24-28-14-11-15-31(22-28)44-3)34(40)25-39(30-20-18-29(36)19-21-30)45(42,43)32-16-9-6-10-17-32/h5-22,26,33H,4,23-25H2,1-3H3,(H,37,41)/t26-,33+/m0/s1. The molecule has 0 unspecified atom stereocenters. The fraction of sp³-hybridized carbons (Fsp3) is 0.257. The Kier molecular flexibility index (Phi) is 11.8. The zero-order valence-electron chi connectivity index (χ0n) is 25.6. The van der Waals surface area contributed by atoms with Crippen LogP contribution in [0.3, 0.4) is 0 Å². The molecule has 0 aliphatic heterocycles. The molecule has 4 rings (SSSR count). The van der Waals surface area contributed by atoms with Gasteiger partial charge in [-0.3, -0.25) is 13.9 Å². The van der Waals surface area contributed by atoms with Crippen molar-refractivity contribution in [3.63, 3.8) is 0 Å². The Labute approximate surface area is 274 Å². The van der Waals surface area contributed by atoms with Crippen LogP contribution in [0.2, 0.25) is 0 Å². The van der Waals surface area contributed by atoms with E-state index >= 15 is 0 Å². The largest absolute Gasteiger partial charge is 0.497 e. The van der Waals surface area contributed by atoms with Crippen LogP contribution in [0.1, 0.15) is 31.4 Å². The second-order valence-electron chi connectivity index (χ2n) is 10.7. The second kappa shape index (κ2) is 15.7. The normalized spacial score (nSPS) is 12.5. The van der Waals surface area contributed by atoms with Gasteiger partial charge in [-0.05, 0) is 73.0 Å². The molecular weight excluding hydrogens is 654 g/mol. The Morgan fingerprint density at radius 2 is 1.49 bits per heavy atom. The van der Waals surface area contributed by atoms with Gasteiger partial charge in [-0.2, -0.15) is 0 Å². The first kappa shape index (κ1) is 33.7. The number of hydrogen-bond acceptors (Lipinski definition) is 5. The predicted octanol–water partition coefficient (Wildman–Crippen LogP) is 6.21. The third kappa shape index (κ3) is 8.95. The number of rotatable bonds is 14. The number of methoxy groups -OCH3 is 1. The van der Waals surface area contributed by atoms with Gasteiger partial charge >= 0.3 is 0 Å². The number of nitrogens with zero attached hydrogens (tertiary/aromatic N) is 2. The van der Waals surface area contributed by atoms with Crippen LogP contribution in [0, 0.1) is 0 Å². The van der Waals surface area contributed by atoms with Gasteiger partial charge in [0.05, 0.1) is 17.7 Å². The molecule has 0 spiro atoms. The smallest absolute Gasteiger partial charge is 0.264 e. The molecule has 10 heteroatoms. The number of carbonyl (C=O) groups excluding carboxylic acids is 2. The first-order valence-corrected chi connectivity index (χ1v) is 17.0. The van der Waals surface area contributed by atoms with Crippen LogP contribution in [-0.4, -0.2) is 50.9 Å². The number of benzene rings is 4. The number of carbonyl (C=O) groups is 2. The van der Waals surface area contributed by atoms with Gasteiger partial charge in [0.2, 0.25) is 11.8 Å². The topological polar surface area (TPSA) is 96.0 Å². The van der Waals surface area contributed by atoms with Crippen LogP contribution in [0.15, 0.2) is 119 Å². The van der Waals surface area contributed by atoms with E-state index in [0.29, 0.717) is 17.9 Å². The molecule has 4 aromatic rings. The SMILES string of the molecule is CC[C@H](C)NC(=O)[C@@H](Cc1ccccc1)N(Cc1cccc(OC)c1)C(=O)CN(c1ccc(Br)cc1)S(=O)(=O)c1ccccc1. The maximum Gasteiger partial charge on any atom is 0.264 e. The van der Waals surface area contributed by atoms with Crippen molar-refractivity contribution >= 4 is 43.5 Å². The fourth-order valence-corrected chi connectivity index (χ4v) is 6.52. The van der Waals surface area contributed by atoms with Crippen LogP contribution in [-0.2, 0) is 32.6 Å². The van der Waals surface area contributed by atoms with E-state index in [1.165, 1.54) is 17.0 Å². The Hall–Kier alpha value is -4.15. The van der Waals surface area contributed by atoms with Gasteiger partial charge in [-0.15, -0.1) is 0 Å². The highest BCUT2D eigenvalue weighted by Gasteiger charge is 2.35. The van der Waals surface area contributed by atoms with Gasteiger partial charge in [0, 0.05) is 23.5 Å². The maximum absolute atomic E-state index is 14.5. The number of anilines is 1. The van der Waals surface area contributed by atoms with Crippen molar-refractivity contribution in [2.75, 3.05) is 18.0 Å². The lowest BCUT2D eigenvalue weighted by atomic mass is 10.0. The first-order valence-electron chi connectivity index (χ1n) is 14.7. The summed E-state index contributed by atoms with van der Waals surface area (Å²) in [5.74, 6) is -0.238. The molecule has 45 heavy (non-hydrogen) atoms. The van der Waals surface area contributed by atoms with Gasteiger partial charge in [0.1, 0.15) is 18.3 Å². The number of hydrogen-bond donors (Lipinski definition) is 1. The van der Waals surface area contributed by atoms with Crippen LogP contribution in [0.25, 0.3) is 0 Å². The van der Waals surface area contributed by atoms with Gasteiger partial charge < -0.3 is 15.0 Å². The monoisotopic (exact) mass is 691 g/mol. The molecule has 2 atom stereocenters. The maximum atomic E-state index is 14.5. The zero-order valence-corrected chi connectivity index (χ0v) is 28.0. The molecule has 2 amide bonds. The Morgan fingerprint density at radius 3 is 2.11 bits per heavy atom. The van der Waals surface area contributed by atoms with E-state index < -0.39 is 28.5 Å². The van der Waals surface area contributed by atoms with E-state index in [1.54, 1.807) is 61.7 Å². The van der Waals surface area contributed by atoms with E-state index in [9.17, 15) is 18.0 Å². The van der Waals surface area contributed by atoms with Crippen molar-refractivity contribution in [3.8, 4) is 5.75 Å². The molecule has 236 valence electrons. The van der Waals surface area contributed by atoms with Crippen molar-refractivity contribution in [2.45, 2.75) is 50.2 Å². The fourth-order valence-electron chi connectivity index (χ4n) is 4.82. The summed E-state index contributed by atoms with van der Waals surface area (Å²) in [7, 11) is -2.60. The summed E-state index contributed by atoms with van der Waals surface area (Å²) in [4.78, 5) is 30.0. The van der Waals surface area contributed by atoms with Gasteiger partial charge in [0.15, 0.2) is 0 Å². The molecule has 0 bridgehead atoms. The Balaban J connectivity index is 1.81. The molecular formula is C35H38BrN3O5S. The van der Waals surface area contributed by atoms with E-state index in [-0.39, 0.29) is 29.8 Å². The highest BCUT2D eigenvalue weighted by Crippen LogP contribution is 2.27.